The lowest BCUT2D eigenvalue weighted by molar-refractivity contribution is -0.121. The highest BCUT2D eigenvalue weighted by Crippen LogP contribution is 2.13. The Morgan fingerprint density at radius 1 is 1.67 bits per heavy atom. The van der Waals surface area contributed by atoms with Gasteiger partial charge in [-0.3, -0.25) is 10.0 Å². The van der Waals surface area contributed by atoms with Gasteiger partial charge in [-0.05, 0) is 28.1 Å². The summed E-state index contributed by atoms with van der Waals surface area (Å²) >= 11 is 3.14. The zero-order valence-corrected chi connectivity index (χ0v) is 7.95. The van der Waals surface area contributed by atoms with Crippen LogP contribution in [0.25, 0.3) is 0 Å². The Morgan fingerprint density at radius 3 is 2.75 bits per heavy atom. The second-order valence-electron chi connectivity index (χ2n) is 2.17. The van der Waals surface area contributed by atoms with E-state index in [-0.39, 0.29) is 0 Å². The van der Waals surface area contributed by atoms with E-state index >= 15 is 0 Å². The number of carbonyl (C=O) groups excluding carboxylic acids is 1. The molecule has 1 aromatic heterocycles. The van der Waals surface area contributed by atoms with E-state index in [2.05, 4.69) is 20.9 Å². The van der Waals surface area contributed by atoms with Crippen molar-refractivity contribution in [2.24, 2.45) is 0 Å². The van der Waals surface area contributed by atoms with Crippen molar-refractivity contribution in [3.8, 4) is 0 Å². The van der Waals surface area contributed by atoms with Crippen LogP contribution >= 0.6 is 15.9 Å². The summed E-state index contributed by atoms with van der Waals surface area (Å²) in [5.41, 5.74) is 0.353. The Kier molecular flexibility index (Phi) is 2.78. The Labute approximate surface area is 77.9 Å². The fourth-order valence-electron chi connectivity index (χ4n) is 0.675. The van der Waals surface area contributed by atoms with E-state index in [9.17, 15) is 4.79 Å². The van der Waals surface area contributed by atoms with Gasteiger partial charge >= 0.3 is 0 Å². The molecule has 0 aliphatic rings. The molecule has 5 heteroatoms. The van der Waals surface area contributed by atoms with Crippen LogP contribution in [0.15, 0.2) is 22.9 Å². The molecule has 0 fully saturated rings. The lowest BCUT2D eigenvalue weighted by Gasteiger charge is -2.10. The summed E-state index contributed by atoms with van der Waals surface area (Å²) in [5, 5.41) is 9.66. The number of aromatic nitrogens is 1. The Bertz CT molecular complexity index is 286. The van der Waals surface area contributed by atoms with Crippen LogP contribution in [0.4, 0.5) is 5.69 Å². The van der Waals surface area contributed by atoms with Crippen molar-refractivity contribution in [2.75, 3.05) is 5.06 Å². The minimum absolute atomic E-state index is 0.353. The first-order valence-electron chi connectivity index (χ1n) is 3.22. The Hall–Kier alpha value is -0.940. The van der Waals surface area contributed by atoms with Crippen molar-refractivity contribution in [1.29, 1.82) is 0 Å². The van der Waals surface area contributed by atoms with Crippen LogP contribution in [0, 0.1) is 0 Å². The fraction of sp³-hybridized carbons (Fsp3) is 0.143. The summed E-state index contributed by atoms with van der Waals surface area (Å²) in [6.07, 6.45) is 1.39. The number of nitrogens with zero attached hydrogens (tertiary/aromatic N) is 2. The van der Waals surface area contributed by atoms with Crippen molar-refractivity contribution in [3.63, 3.8) is 0 Å². The second kappa shape index (κ2) is 3.64. The molecular weight excluding hydrogens is 224 g/mol. The van der Waals surface area contributed by atoms with Crippen molar-refractivity contribution in [1.82, 2.24) is 4.98 Å². The van der Waals surface area contributed by atoms with Crippen molar-refractivity contribution >= 4 is 27.5 Å². The van der Waals surface area contributed by atoms with Gasteiger partial charge in [0.1, 0.15) is 4.60 Å². The Balaban J connectivity index is 2.89. The molecule has 64 valence electrons. The van der Waals surface area contributed by atoms with E-state index < -0.39 is 5.91 Å². The number of carbonyl (C=O) groups is 1. The van der Waals surface area contributed by atoms with Gasteiger partial charge in [0.2, 0.25) is 5.91 Å². The lowest BCUT2D eigenvalue weighted by atomic mass is 10.4. The topological polar surface area (TPSA) is 53.4 Å². The molecule has 12 heavy (non-hydrogen) atoms. The van der Waals surface area contributed by atoms with E-state index in [0.29, 0.717) is 15.4 Å². The average Bonchev–Trinajstić information content (AvgIpc) is 2.04. The van der Waals surface area contributed by atoms with Crippen LogP contribution < -0.4 is 5.06 Å². The molecule has 1 amide bonds. The molecule has 0 atom stereocenters. The normalized spacial score (nSPS) is 9.58. The number of hydrogen-bond acceptors (Lipinski definition) is 3. The van der Waals surface area contributed by atoms with Gasteiger partial charge in [-0.1, -0.05) is 0 Å². The molecular formula is C7H7BrN2O2. The number of pyridine rings is 1. The number of hydrogen-bond donors (Lipinski definition) is 1. The summed E-state index contributed by atoms with van der Waals surface area (Å²) in [6, 6.07) is 3.22. The smallest absolute Gasteiger partial charge is 0.247 e. The highest BCUT2D eigenvalue weighted by Gasteiger charge is 2.06. The number of amides is 1. The molecule has 0 saturated carbocycles. The van der Waals surface area contributed by atoms with Crippen LogP contribution in [0.5, 0.6) is 0 Å². The molecule has 1 rings (SSSR count). The standard InChI is InChI=1S/C7H7BrN2O2/c1-5(11)10(12)6-2-3-7(8)9-4-6/h2-4,12H,1H3. The summed E-state index contributed by atoms with van der Waals surface area (Å²) in [6.45, 7) is 1.27. The van der Waals surface area contributed by atoms with Crippen LogP contribution in [0.1, 0.15) is 6.92 Å². The number of anilines is 1. The lowest BCUT2D eigenvalue weighted by Crippen LogP contribution is -2.23. The maximum Gasteiger partial charge on any atom is 0.247 e. The Morgan fingerprint density at radius 2 is 2.33 bits per heavy atom. The highest BCUT2D eigenvalue weighted by molar-refractivity contribution is 9.10. The molecule has 0 aliphatic heterocycles. The largest absolute Gasteiger partial charge is 0.281 e. The molecule has 0 aromatic carbocycles. The summed E-state index contributed by atoms with van der Waals surface area (Å²) in [5.74, 6) is -0.445. The monoisotopic (exact) mass is 230 g/mol. The van der Waals surface area contributed by atoms with E-state index in [0.717, 1.165) is 0 Å². The maximum atomic E-state index is 10.7. The van der Waals surface area contributed by atoms with Gasteiger partial charge in [0.15, 0.2) is 0 Å². The molecule has 1 N–H and O–H groups in total. The van der Waals surface area contributed by atoms with Gasteiger partial charge in [-0.2, -0.15) is 5.06 Å². The van der Waals surface area contributed by atoms with Crippen molar-refractivity contribution in [3.05, 3.63) is 22.9 Å². The summed E-state index contributed by atoms with van der Waals surface area (Å²) in [7, 11) is 0. The molecule has 4 nitrogen and oxygen atoms in total. The van der Waals surface area contributed by atoms with Gasteiger partial charge in [0.25, 0.3) is 0 Å². The summed E-state index contributed by atoms with van der Waals surface area (Å²) in [4.78, 5) is 14.5. The highest BCUT2D eigenvalue weighted by atomic mass is 79.9. The molecule has 1 aromatic rings. The zero-order valence-electron chi connectivity index (χ0n) is 6.36. The number of hydroxylamine groups is 1. The van der Waals surface area contributed by atoms with Gasteiger partial charge in [0, 0.05) is 6.92 Å². The molecule has 0 spiro atoms. The van der Waals surface area contributed by atoms with Crippen molar-refractivity contribution < 1.29 is 10.0 Å². The predicted molar refractivity (Wildman–Crippen MR) is 46.9 cm³/mol. The van der Waals surface area contributed by atoms with Crippen molar-refractivity contribution in [2.45, 2.75) is 6.92 Å². The molecule has 0 radical (unpaired) electrons. The SMILES string of the molecule is CC(=O)N(O)c1ccc(Br)nc1. The quantitative estimate of drug-likeness (QED) is 0.453. The van der Waals surface area contributed by atoms with Gasteiger partial charge in [-0.25, -0.2) is 4.98 Å². The molecule has 0 saturated heterocycles. The maximum absolute atomic E-state index is 10.7. The molecule has 0 aliphatic carbocycles. The average molecular weight is 231 g/mol. The second-order valence-corrected chi connectivity index (χ2v) is 2.98. The first-order valence-corrected chi connectivity index (χ1v) is 4.01. The predicted octanol–water partition coefficient (Wildman–Crippen LogP) is 1.59. The van der Waals surface area contributed by atoms with E-state index in [4.69, 9.17) is 5.21 Å². The molecule has 0 unspecified atom stereocenters. The molecule has 0 bridgehead atoms. The fourth-order valence-corrected chi connectivity index (χ4v) is 0.910. The van der Waals surface area contributed by atoms with Gasteiger partial charge in [0.05, 0.1) is 11.9 Å². The van der Waals surface area contributed by atoms with E-state index in [1.165, 1.54) is 13.1 Å². The minimum atomic E-state index is -0.445. The van der Waals surface area contributed by atoms with Crippen LogP contribution in [-0.4, -0.2) is 16.1 Å². The first-order chi connectivity index (χ1) is 5.61. The third-order valence-electron chi connectivity index (χ3n) is 1.25. The van der Waals surface area contributed by atoms with Crippen LogP contribution in [-0.2, 0) is 4.79 Å². The number of rotatable bonds is 1. The van der Waals surface area contributed by atoms with Crippen LogP contribution in [0.3, 0.4) is 0 Å². The number of halogens is 1. The van der Waals surface area contributed by atoms with Gasteiger partial charge in [-0.15, -0.1) is 0 Å². The zero-order chi connectivity index (χ0) is 9.14. The van der Waals surface area contributed by atoms with Gasteiger partial charge < -0.3 is 0 Å². The van der Waals surface area contributed by atoms with Crippen LogP contribution in [0.2, 0.25) is 0 Å². The van der Waals surface area contributed by atoms with E-state index in [1.54, 1.807) is 12.1 Å². The summed E-state index contributed by atoms with van der Waals surface area (Å²) < 4.78 is 0.656. The minimum Gasteiger partial charge on any atom is -0.281 e. The third-order valence-corrected chi connectivity index (χ3v) is 1.72. The molecule has 1 heterocycles. The first kappa shape index (κ1) is 9.15. The van der Waals surface area contributed by atoms with E-state index in [1.807, 2.05) is 0 Å². The third kappa shape index (κ3) is 2.02.